The molecule has 2 heterocycles. The number of hydrogen-bond donors (Lipinski definition) is 0. The van der Waals surface area contributed by atoms with Crippen LogP contribution in [-0.2, 0) is 6.42 Å². The smallest absolute Gasteiger partial charge is 0.316 e. The van der Waals surface area contributed by atoms with Gasteiger partial charge in [-0.15, -0.1) is 0 Å². The summed E-state index contributed by atoms with van der Waals surface area (Å²) in [5, 5.41) is 3.82. The fourth-order valence-corrected chi connectivity index (χ4v) is 1.70. The summed E-state index contributed by atoms with van der Waals surface area (Å²) < 4.78 is 10.2. The molecule has 24 heavy (non-hydrogen) atoms. The molecule has 0 unspecified atom stereocenters. The third-order valence-corrected chi connectivity index (χ3v) is 2.88. The lowest BCUT2D eigenvalue weighted by atomic mass is 9.92. The van der Waals surface area contributed by atoms with E-state index in [1.807, 2.05) is 0 Å². The average Bonchev–Trinajstić information content (AvgIpc) is 2.82. The molecule has 6 nitrogen and oxygen atoms in total. The minimum Gasteiger partial charge on any atom is -0.463 e. The lowest BCUT2D eigenvalue weighted by Gasteiger charge is -2.17. The van der Waals surface area contributed by atoms with Crippen LogP contribution >= 0.6 is 0 Å². The first-order valence-corrected chi connectivity index (χ1v) is 8.24. The molecule has 0 fully saturated rings. The Balaban J connectivity index is 0.000000243. The van der Waals surface area contributed by atoms with E-state index in [1.165, 1.54) is 0 Å². The van der Waals surface area contributed by atoms with Gasteiger partial charge >= 0.3 is 6.01 Å². The highest BCUT2D eigenvalue weighted by Gasteiger charge is 2.14. The summed E-state index contributed by atoms with van der Waals surface area (Å²) in [5.74, 6) is 1.44. The summed E-state index contributed by atoms with van der Waals surface area (Å²) in [5.41, 5.74) is 0.533. The van der Waals surface area contributed by atoms with Gasteiger partial charge in [-0.3, -0.25) is 0 Å². The van der Waals surface area contributed by atoms with Gasteiger partial charge in [0.15, 0.2) is 5.82 Å². The number of nitrogens with zero attached hydrogens (tertiary/aromatic N) is 4. The molecule has 134 valence electrons. The van der Waals surface area contributed by atoms with E-state index in [0.29, 0.717) is 23.9 Å². The van der Waals surface area contributed by atoms with E-state index in [-0.39, 0.29) is 5.41 Å². The van der Waals surface area contributed by atoms with E-state index in [1.54, 1.807) is 25.4 Å². The number of rotatable bonds is 4. The zero-order valence-corrected chi connectivity index (χ0v) is 16.0. The Morgan fingerprint density at radius 1 is 1.00 bits per heavy atom. The van der Waals surface area contributed by atoms with Crippen LogP contribution in [0, 0.1) is 17.8 Å². The second kappa shape index (κ2) is 8.76. The van der Waals surface area contributed by atoms with Crippen molar-refractivity contribution in [2.24, 2.45) is 10.8 Å². The summed E-state index contributed by atoms with van der Waals surface area (Å²) in [4.78, 5) is 12.0. The van der Waals surface area contributed by atoms with Crippen molar-refractivity contribution in [2.75, 3.05) is 6.61 Å². The number of ether oxygens (including phenoxy) is 1. The predicted octanol–water partition coefficient (Wildman–Crippen LogP) is 4.26. The SMILES string of the molecule is CC(C)(C)CCOc1ncccn1.Cc1nc(CC(C)(C)C)no1. The number of aromatic nitrogens is 4. The fraction of sp³-hybridized carbons (Fsp3) is 0.667. The van der Waals surface area contributed by atoms with Crippen LogP contribution in [0.3, 0.4) is 0 Å². The Bertz CT molecular complexity index is 583. The van der Waals surface area contributed by atoms with Crippen molar-refractivity contribution in [3.05, 3.63) is 30.2 Å². The lowest BCUT2D eigenvalue weighted by molar-refractivity contribution is 0.229. The maximum Gasteiger partial charge on any atom is 0.316 e. The van der Waals surface area contributed by atoms with Gasteiger partial charge in [-0.05, 0) is 23.3 Å². The maximum atomic E-state index is 5.36. The second-order valence-corrected chi connectivity index (χ2v) is 8.16. The van der Waals surface area contributed by atoms with Crippen LogP contribution in [0.2, 0.25) is 0 Å². The molecule has 0 aromatic carbocycles. The predicted molar refractivity (Wildman–Crippen MR) is 93.8 cm³/mol. The van der Waals surface area contributed by atoms with Crippen LogP contribution in [-0.4, -0.2) is 26.7 Å². The molecule has 6 heteroatoms. The molecule has 2 rings (SSSR count). The minimum absolute atomic E-state index is 0.232. The van der Waals surface area contributed by atoms with Crippen LogP contribution < -0.4 is 4.74 Å². The van der Waals surface area contributed by atoms with Gasteiger partial charge < -0.3 is 9.26 Å². The first kappa shape index (κ1) is 20.1. The van der Waals surface area contributed by atoms with Crippen molar-refractivity contribution in [1.29, 1.82) is 0 Å². The minimum atomic E-state index is 0.232. The Kier molecular flexibility index (Phi) is 7.32. The maximum absolute atomic E-state index is 5.36. The molecule has 0 aliphatic carbocycles. The van der Waals surface area contributed by atoms with Gasteiger partial charge in [-0.2, -0.15) is 4.98 Å². The fourth-order valence-electron chi connectivity index (χ4n) is 1.70. The first-order chi connectivity index (χ1) is 11.1. The van der Waals surface area contributed by atoms with Crippen molar-refractivity contribution in [3.63, 3.8) is 0 Å². The van der Waals surface area contributed by atoms with E-state index >= 15 is 0 Å². The largest absolute Gasteiger partial charge is 0.463 e. The summed E-state index contributed by atoms with van der Waals surface area (Å²) in [6, 6.07) is 2.24. The normalized spacial score (nSPS) is 11.6. The van der Waals surface area contributed by atoms with Crippen molar-refractivity contribution in [2.45, 2.75) is 61.3 Å². The van der Waals surface area contributed by atoms with E-state index in [0.717, 1.165) is 18.7 Å². The Labute approximate surface area is 145 Å². The average molecular weight is 334 g/mol. The topological polar surface area (TPSA) is 73.9 Å². The highest BCUT2D eigenvalue weighted by atomic mass is 16.5. The van der Waals surface area contributed by atoms with Gasteiger partial charge in [0.1, 0.15) is 0 Å². The Morgan fingerprint density at radius 2 is 1.62 bits per heavy atom. The molecule has 0 amide bonds. The molecule has 0 radical (unpaired) electrons. The standard InChI is InChI=1S/C10H16N2O.C8H14N2O/c1-10(2,3)5-8-13-9-11-6-4-7-12-9;1-6-9-7(10-11-6)5-8(2,3)4/h4,6-7H,5,8H2,1-3H3;5H2,1-4H3. The third-order valence-electron chi connectivity index (χ3n) is 2.88. The summed E-state index contributed by atoms with van der Waals surface area (Å²) in [6.45, 7) is 15.5. The van der Waals surface area contributed by atoms with Gasteiger partial charge in [0.25, 0.3) is 0 Å². The molecular formula is C18H30N4O2. The quantitative estimate of drug-likeness (QED) is 0.832. The van der Waals surface area contributed by atoms with Crippen molar-refractivity contribution in [1.82, 2.24) is 20.1 Å². The molecule has 2 aromatic heterocycles. The van der Waals surface area contributed by atoms with Crippen molar-refractivity contribution < 1.29 is 9.26 Å². The van der Waals surface area contributed by atoms with Crippen LogP contribution in [0.15, 0.2) is 23.0 Å². The molecule has 0 bridgehead atoms. The molecule has 0 aliphatic rings. The summed E-state index contributed by atoms with van der Waals surface area (Å²) >= 11 is 0. The molecule has 2 aromatic rings. The second-order valence-electron chi connectivity index (χ2n) is 8.16. The Hall–Kier alpha value is -1.98. The summed E-state index contributed by atoms with van der Waals surface area (Å²) in [6.07, 6.45) is 5.23. The van der Waals surface area contributed by atoms with Gasteiger partial charge in [-0.1, -0.05) is 46.7 Å². The Morgan fingerprint density at radius 3 is 2.08 bits per heavy atom. The summed E-state index contributed by atoms with van der Waals surface area (Å²) in [7, 11) is 0. The molecule has 0 spiro atoms. The van der Waals surface area contributed by atoms with Gasteiger partial charge in [-0.25, -0.2) is 9.97 Å². The van der Waals surface area contributed by atoms with Gasteiger partial charge in [0.05, 0.1) is 6.61 Å². The molecule has 0 aliphatic heterocycles. The van der Waals surface area contributed by atoms with Crippen LogP contribution in [0.25, 0.3) is 0 Å². The molecule has 0 atom stereocenters. The molecule has 0 saturated carbocycles. The van der Waals surface area contributed by atoms with Crippen LogP contribution in [0.5, 0.6) is 6.01 Å². The van der Waals surface area contributed by atoms with E-state index in [9.17, 15) is 0 Å². The zero-order chi connectivity index (χ0) is 18.2. The van der Waals surface area contributed by atoms with Gasteiger partial charge in [0, 0.05) is 25.7 Å². The first-order valence-electron chi connectivity index (χ1n) is 8.24. The number of hydrogen-bond acceptors (Lipinski definition) is 6. The van der Waals surface area contributed by atoms with E-state index < -0.39 is 0 Å². The van der Waals surface area contributed by atoms with Crippen LogP contribution in [0.1, 0.15) is 59.7 Å². The lowest BCUT2D eigenvalue weighted by Crippen LogP contribution is -2.11. The van der Waals surface area contributed by atoms with Gasteiger partial charge in [0.2, 0.25) is 5.89 Å². The molecular weight excluding hydrogens is 304 g/mol. The zero-order valence-electron chi connectivity index (χ0n) is 16.0. The van der Waals surface area contributed by atoms with Crippen molar-refractivity contribution in [3.8, 4) is 6.01 Å². The third kappa shape index (κ3) is 9.92. The van der Waals surface area contributed by atoms with E-state index in [2.05, 4.69) is 61.7 Å². The molecule has 0 N–H and O–H groups in total. The van der Waals surface area contributed by atoms with Crippen molar-refractivity contribution >= 4 is 0 Å². The highest BCUT2D eigenvalue weighted by molar-refractivity contribution is 4.93. The van der Waals surface area contributed by atoms with E-state index in [4.69, 9.17) is 9.26 Å². The monoisotopic (exact) mass is 334 g/mol. The highest BCUT2D eigenvalue weighted by Crippen LogP contribution is 2.18. The number of aryl methyl sites for hydroxylation is 1. The van der Waals surface area contributed by atoms with Crippen LogP contribution in [0.4, 0.5) is 0 Å². The molecule has 0 saturated heterocycles.